The van der Waals surface area contributed by atoms with Gasteiger partial charge in [-0.3, -0.25) is 4.79 Å². The maximum absolute atomic E-state index is 12.9. The maximum Gasteiger partial charge on any atom is 0.252 e. The van der Waals surface area contributed by atoms with E-state index in [-0.39, 0.29) is 11.9 Å². The standard InChI is InChI=1S/C18H29N3O3S2/c1-12(2)9-17(22)20-8-7-14-4-6-18(25-14)26(23,24)21-10-13-3-5-16(19)15(13)11-21/h4,6,12-13,15-16H,3,5,7-11,19H2,1-2H3,(H,20,22). The monoisotopic (exact) mass is 399 g/mol. The molecule has 2 heterocycles. The van der Waals surface area contributed by atoms with Crippen LogP contribution in [0.3, 0.4) is 0 Å². The summed E-state index contributed by atoms with van der Waals surface area (Å²) in [5.74, 6) is 1.10. The number of nitrogens with zero attached hydrogens (tertiary/aromatic N) is 1. The lowest BCUT2D eigenvalue weighted by Gasteiger charge is -2.17. The van der Waals surface area contributed by atoms with Gasteiger partial charge in [0.05, 0.1) is 0 Å². The minimum absolute atomic E-state index is 0.0457. The van der Waals surface area contributed by atoms with Gasteiger partial charge in [0.2, 0.25) is 5.91 Å². The molecule has 3 N–H and O–H groups in total. The van der Waals surface area contributed by atoms with Crippen molar-refractivity contribution in [2.45, 2.75) is 49.8 Å². The topological polar surface area (TPSA) is 92.5 Å². The number of rotatable bonds is 7. The van der Waals surface area contributed by atoms with Crippen LogP contribution in [-0.2, 0) is 21.2 Å². The van der Waals surface area contributed by atoms with Crippen LogP contribution in [0.1, 0.15) is 38.0 Å². The number of thiophene rings is 1. The first-order chi connectivity index (χ1) is 12.3. The average Bonchev–Trinajstić information content (AvgIpc) is 3.25. The summed E-state index contributed by atoms with van der Waals surface area (Å²) in [5, 5.41) is 2.89. The highest BCUT2D eigenvalue weighted by Crippen LogP contribution is 2.40. The number of fused-ring (bicyclic) bond motifs is 1. The van der Waals surface area contributed by atoms with Gasteiger partial charge in [0, 0.05) is 37.0 Å². The lowest BCUT2D eigenvalue weighted by molar-refractivity contribution is -0.121. The predicted molar refractivity (Wildman–Crippen MR) is 103 cm³/mol. The zero-order valence-corrected chi connectivity index (χ0v) is 17.1. The Morgan fingerprint density at radius 2 is 2.12 bits per heavy atom. The van der Waals surface area contributed by atoms with Crippen LogP contribution in [0.5, 0.6) is 0 Å². The third kappa shape index (κ3) is 4.30. The van der Waals surface area contributed by atoms with E-state index in [1.807, 2.05) is 19.9 Å². The first-order valence-corrected chi connectivity index (χ1v) is 11.6. The molecule has 6 nitrogen and oxygen atoms in total. The number of hydrogen-bond donors (Lipinski definition) is 2. The molecule has 0 aromatic carbocycles. The van der Waals surface area contributed by atoms with Crippen molar-refractivity contribution in [3.05, 3.63) is 17.0 Å². The Kier molecular flexibility index (Phi) is 6.06. The summed E-state index contributed by atoms with van der Waals surface area (Å²) < 4.78 is 27.8. The van der Waals surface area contributed by atoms with E-state index in [1.54, 1.807) is 10.4 Å². The molecule has 2 aliphatic rings. The number of nitrogens with one attached hydrogen (secondary N) is 1. The van der Waals surface area contributed by atoms with Crippen molar-refractivity contribution in [3.8, 4) is 0 Å². The highest BCUT2D eigenvalue weighted by atomic mass is 32.2. The lowest BCUT2D eigenvalue weighted by atomic mass is 9.98. The second kappa shape index (κ2) is 7.96. The number of carbonyl (C=O) groups excluding carboxylic acids is 1. The van der Waals surface area contributed by atoms with Gasteiger partial charge in [0.25, 0.3) is 10.0 Å². The minimum Gasteiger partial charge on any atom is -0.356 e. The zero-order chi connectivity index (χ0) is 18.9. The third-order valence-electron chi connectivity index (χ3n) is 5.40. The number of amides is 1. The zero-order valence-electron chi connectivity index (χ0n) is 15.5. The van der Waals surface area contributed by atoms with Crippen molar-refractivity contribution in [3.63, 3.8) is 0 Å². The Bertz CT molecular complexity index is 745. The molecule has 1 saturated carbocycles. The highest BCUT2D eigenvalue weighted by molar-refractivity contribution is 7.91. The van der Waals surface area contributed by atoms with E-state index in [0.717, 1.165) is 17.7 Å². The first-order valence-electron chi connectivity index (χ1n) is 9.38. The SMILES string of the molecule is CC(C)CC(=O)NCCc1ccc(S(=O)(=O)N2CC3CCC(N)C3C2)s1. The fraction of sp³-hybridized carbons (Fsp3) is 0.722. The molecular weight excluding hydrogens is 370 g/mol. The molecule has 3 unspecified atom stereocenters. The van der Waals surface area contributed by atoms with Gasteiger partial charge in [-0.2, -0.15) is 4.31 Å². The molecule has 0 spiro atoms. The minimum atomic E-state index is -3.43. The lowest BCUT2D eigenvalue weighted by Crippen LogP contribution is -2.33. The molecule has 146 valence electrons. The molecule has 3 atom stereocenters. The van der Waals surface area contributed by atoms with Gasteiger partial charge in [-0.15, -0.1) is 11.3 Å². The van der Waals surface area contributed by atoms with E-state index in [0.29, 0.717) is 54.4 Å². The summed E-state index contributed by atoms with van der Waals surface area (Å²) in [7, 11) is -3.43. The van der Waals surface area contributed by atoms with E-state index in [4.69, 9.17) is 5.73 Å². The first kappa shape index (κ1) is 19.8. The number of hydrogen-bond acceptors (Lipinski definition) is 5. The quantitative estimate of drug-likeness (QED) is 0.731. The van der Waals surface area contributed by atoms with Crippen molar-refractivity contribution in [2.24, 2.45) is 23.5 Å². The van der Waals surface area contributed by atoms with Crippen LogP contribution in [0.4, 0.5) is 0 Å². The fourth-order valence-electron chi connectivity index (χ4n) is 3.99. The fourth-order valence-corrected chi connectivity index (χ4v) is 7.03. The molecule has 1 aromatic rings. The number of nitrogens with two attached hydrogens (primary N) is 1. The van der Waals surface area contributed by atoms with E-state index in [2.05, 4.69) is 5.32 Å². The molecule has 2 fully saturated rings. The van der Waals surface area contributed by atoms with Gasteiger partial charge in [0.1, 0.15) is 4.21 Å². The number of sulfonamides is 1. The average molecular weight is 400 g/mol. The Labute approximate surface area is 160 Å². The summed E-state index contributed by atoms with van der Waals surface area (Å²) in [5.41, 5.74) is 6.12. The second-order valence-corrected chi connectivity index (χ2v) is 11.2. The molecule has 1 amide bonds. The maximum atomic E-state index is 12.9. The van der Waals surface area contributed by atoms with Crippen LogP contribution in [0, 0.1) is 17.8 Å². The van der Waals surface area contributed by atoms with Crippen LogP contribution < -0.4 is 11.1 Å². The van der Waals surface area contributed by atoms with Crippen molar-refractivity contribution in [1.29, 1.82) is 0 Å². The molecule has 1 aliphatic carbocycles. The van der Waals surface area contributed by atoms with Gasteiger partial charge >= 0.3 is 0 Å². The third-order valence-corrected chi connectivity index (χ3v) is 8.84. The highest BCUT2D eigenvalue weighted by Gasteiger charge is 2.45. The van der Waals surface area contributed by atoms with Gasteiger partial charge in [-0.1, -0.05) is 13.8 Å². The molecule has 1 saturated heterocycles. The molecule has 1 aromatic heterocycles. The normalized spacial score (nSPS) is 26.4. The smallest absolute Gasteiger partial charge is 0.252 e. The van der Waals surface area contributed by atoms with Gasteiger partial charge < -0.3 is 11.1 Å². The molecule has 3 rings (SSSR count). The van der Waals surface area contributed by atoms with Crippen LogP contribution >= 0.6 is 11.3 Å². The van der Waals surface area contributed by atoms with Crippen LogP contribution in [0.2, 0.25) is 0 Å². The van der Waals surface area contributed by atoms with Gasteiger partial charge in [-0.05, 0) is 49.1 Å². The molecule has 0 bridgehead atoms. The van der Waals surface area contributed by atoms with Crippen LogP contribution in [0.15, 0.2) is 16.3 Å². The van der Waals surface area contributed by atoms with E-state index in [9.17, 15) is 13.2 Å². The Hall–Kier alpha value is -0.960. The summed E-state index contributed by atoms with van der Waals surface area (Å²) in [6.45, 7) is 5.70. The van der Waals surface area contributed by atoms with Crippen molar-refractivity contribution >= 4 is 27.3 Å². The Morgan fingerprint density at radius 3 is 2.81 bits per heavy atom. The summed E-state index contributed by atoms with van der Waals surface area (Å²) >= 11 is 1.31. The van der Waals surface area contributed by atoms with Crippen LogP contribution in [0.25, 0.3) is 0 Å². The molecule has 26 heavy (non-hydrogen) atoms. The van der Waals surface area contributed by atoms with Crippen molar-refractivity contribution in [1.82, 2.24) is 9.62 Å². The molecular formula is C18H29N3O3S2. The molecule has 1 aliphatic heterocycles. The van der Waals surface area contributed by atoms with Crippen molar-refractivity contribution < 1.29 is 13.2 Å². The Morgan fingerprint density at radius 1 is 1.35 bits per heavy atom. The van der Waals surface area contributed by atoms with E-state index in [1.165, 1.54) is 11.3 Å². The molecule has 0 radical (unpaired) electrons. The Balaban J connectivity index is 1.56. The number of carbonyl (C=O) groups is 1. The predicted octanol–water partition coefficient (Wildman–Crippen LogP) is 1.81. The molecule has 8 heteroatoms. The van der Waals surface area contributed by atoms with Crippen molar-refractivity contribution in [2.75, 3.05) is 19.6 Å². The second-order valence-electron chi connectivity index (χ2n) is 7.91. The van der Waals surface area contributed by atoms with Gasteiger partial charge in [0.15, 0.2) is 0 Å². The summed E-state index contributed by atoms with van der Waals surface area (Å²) in [6.07, 6.45) is 3.21. The van der Waals surface area contributed by atoms with Gasteiger partial charge in [-0.25, -0.2) is 8.42 Å². The largest absolute Gasteiger partial charge is 0.356 e. The van der Waals surface area contributed by atoms with Crippen LogP contribution in [-0.4, -0.2) is 44.3 Å². The summed E-state index contributed by atoms with van der Waals surface area (Å²) in [4.78, 5) is 12.7. The van der Waals surface area contributed by atoms with E-state index >= 15 is 0 Å². The summed E-state index contributed by atoms with van der Waals surface area (Å²) in [6, 6.07) is 3.68. The van der Waals surface area contributed by atoms with E-state index < -0.39 is 10.0 Å².